The zero-order valence-corrected chi connectivity index (χ0v) is 18.2. The van der Waals surface area contributed by atoms with Crippen LogP contribution in [0.1, 0.15) is 64.2 Å². The highest BCUT2D eigenvalue weighted by Crippen LogP contribution is 2.39. The van der Waals surface area contributed by atoms with Gasteiger partial charge in [0, 0.05) is 25.0 Å². The van der Waals surface area contributed by atoms with Gasteiger partial charge in [-0.1, -0.05) is 13.2 Å². The first-order chi connectivity index (χ1) is 14.6. The molecule has 0 aliphatic heterocycles. The molecule has 0 amide bonds. The topological polar surface area (TPSA) is 71.1 Å². The maximum absolute atomic E-state index is 11.0. The van der Waals surface area contributed by atoms with Crippen LogP contribution in [0, 0.1) is 11.8 Å². The Balaban J connectivity index is 1.49. The molecule has 0 aromatic carbocycles. The van der Waals surface area contributed by atoms with Crippen LogP contribution in [0.5, 0.6) is 0 Å². The van der Waals surface area contributed by atoms with Gasteiger partial charge in [0.25, 0.3) is 0 Å². The molecule has 0 radical (unpaired) electrons. The third-order valence-electron chi connectivity index (χ3n) is 6.21. The first kappa shape index (κ1) is 24.6. The van der Waals surface area contributed by atoms with Gasteiger partial charge in [-0.05, 0) is 63.2 Å². The largest absolute Gasteiger partial charge is 0.462 e. The van der Waals surface area contributed by atoms with Crippen molar-refractivity contribution in [3.8, 4) is 0 Å². The highest BCUT2D eigenvalue weighted by Gasteiger charge is 2.31. The van der Waals surface area contributed by atoms with E-state index in [-0.39, 0.29) is 11.9 Å². The normalized spacial score (nSPS) is 26.5. The van der Waals surface area contributed by atoms with Crippen LogP contribution < -0.4 is 0 Å². The monoisotopic (exact) mass is 422 g/mol. The van der Waals surface area contributed by atoms with E-state index in [0.717, 1.165) is 50.4 Å². The van der Waals surface area contributed by atoms with Crippen LogP contribution in [0.25, 0.3) is 0 Å². The maximum atomic E-state index is 11.0. The molecular weight excluding hydrogens is 384 g/mol. The molecule has 0 unspecified atom stereocenters. The SMILES string of the molecule is C=CC(=O)OCCCOC1CCC(C2CCC(OCCCOC(=O)C=C)CC2)CC1. The molecule has 0 atom stereocenters. The number of carbonyl (C=O) groups is 2. The van der Waals surface area contributed by atoms with Gasteiger partial charge in [-0.25, -0.2) is 9.59 Å². The average Bonchev–Trinajstić information content (AvgIpc) is 2.79. The molecule has 2 aliphatic rings. The molecule has 2 aliphatic carbocycles. The summed E-state index contributed by atoms with van der Waals surface area (Å²) in [6, 6.07) is 0. The lowest BCUT2D eigenvalue weighted by Gasteiger charge is -2.37. The number of ether oxygens (including phenoxy) is 4. The molecule has 0 N–H and O–H groups in total. The Morgan fingerprint density at radius 2 is 1.00 bits per heavy atom. The lowest BCUT2D eigenvalue weighted by molar-refractivity contribution is -0.139. The highest BCUT2D eigenvalue weighted by molar-refractivity contribution is 5.81. The molecule has 2 rings (SSSR count). The van der Waals surface area contributed by atoms with Crippen LogP contribution in [0.3, 0.4) is 0 Å². The second-order valence-electron chi connectivity index (χ2n) is 8.27. The van der Waals surface area contributed by atoms with Crippen molar-refractivity contribution in [1.29, 1.82) is 0 Å². The molecule has 0 aromatic heterocycles. The molecule has 0 aromatic rings. The molecule has 170 valence electrons. The molecule has 6 heteroatoms. The molecular formula is C24H38O6. The molecule has 0 heterocycles. The average molecular weight is 423 g/mol. The van der Waals surface area contributed by atoms with E-state index in [1.54, 1.807) is 0 Å². The highest BCUT2D eigenvalue weighted by atomic mass is 16.5. The van der Waals surface area contributed by atoms with E-state index in [4.69, 9.17) is 18.9 Å². The van der Waals surface area contributed by atoms with Crippen LogP contribution in [0.15, 0.2) is 25.3 Å². The lowest BCUT2D eigenvalue weighted by Crippen LogP contribution is -2.30. The molecule has 30 heavy (non-hydrogen) atoms. The van der Waals surface area contributed by atoms with E-state index in [0.29, 0.717) is 38.6 Å². The van der Waals surface area contributed by atoms with Gasteiger partial charge in [-0.3, -0.25) is 0 Å². The van der Waals surface area contributed by atoms with Crippen molar-refractivity contribution in [3.05, 3.63) is 25.3 Å². The van der Waals surface area contributed by atoms with Gasteiger partial charge in [-0.2, -0.15) is 0 Å². The van der Waals surface area contributed by atoms with E-state index >= 15 is 0 Å². The van der Waals surface area contributed by atoms with Crippen LogP contribution in [-0.4, -0.2) is 50.6 Å². The summed E-state index contributed by atoms with van der Waals surface area (Å²) in [5.74, 6) is 0.893. The van der Waals surface area contributed by atoms with Gasteiger partial charge in [0.15, 0.2) is 0 Å². The Bertz CT molecular complexity index is 482. The van der Waals surface area contributed by atoms with Gasteiger partial charge >= 0.3 is 11.9 Å². The second-order valence-corrected chi connectivity index (χ2v) is 8.27. The van der Waals surface area contributed by atoms with E-state index in [1.807, 2.05) is 0 Å². The minimum Gasteiger partial charge on any atom is -0.462 e. The Kier molecular flexibility index (Phi) is 11.8. The van der Waals surface area contributed by atoms with Crippen LogP contribution >= 0.6 is 0 Å². The van der Waals surface area contributed by atoms with Crippen molar-refractivity contribution in [3.63, 3.8) is 0 Å². The third kappa shape index (κ3) is 9.43. The van der Waals surface area contributed by atoms with Gasteiger partial charge in [0.2, 0.25) is 0 Å². The predicted molar refractivity (Wildman–Crippen MR) is 115 cm³/mol. The number of rotatable bonds is 13. The Labute approximate surface area is 181 Å². The molecule has 2 fully saturated rings. The van der Waals surface area contributed by atoms with Gasteiger partial charge in [-0.15, -0.1) is 0 Å². The van der Waals surface area contributed by atoms with Crippen LogP contribution in [-0.2, 0) is 28.5 Å². The van der Waals surface area contributed by atoms with E-state index in [9.17, 15) is 9.59 Å². The van der Waals surface area contributed by atoms with E-state index in [2.05, 4.69) is 13.2 Å². The molecule has 6 nitrogen and oxygen atoms in total. The first-order valence-corrected chi connectivity index (χ1v) is 11.4. The smallest absolute Gasteiger partial charge is 0.330 e. The van der Waals surface area contributed by atoms with Crippen molar-refractivity contribution in [2.24, 2.45) is 11.8 Å². The number of hydrogen-bond donors (Lipinski definition) is 0. The number of hydrogen-bond acceptors (Lipinski definition) is 6. The quantitative estimate of drug-likeness (QED) is 0.249. The minimum absolute atomic E-state index is 0.353. The summed E-state index contributed by atoms with van der Waals surface area (Å²) in [5, 5.41) is 0. The Morgan fingerprint density at radius 1 is 0.633 bits per heavy atom. The zero-order chi connectivity index (χ0) is 21.6. The Morgan fingerprint density at radius 3 is 1.33 bits per heavy atom. The van der Waals surface area contributed by atoms with Gasteiger partial charge < -0.3 is 18.9 Å². The first-order valence-electron chi connectivity index (χ1n) is 11.4. The fourth-order valence-corrected chi connectivity index (χ4v) is 4.53. The standard InChI is InChI=1S/C24H38O6/c1-3-23(25)29-17-5-15-27-21-11-7-19(8-12-21)20-9-13-22(14-10-20)28-16-6-18-30-24(26)4-2/h3-4,19-22H,1-2,5-18H2. The summed E-state index contributed by atoms with van der Waals surface area (Å²) in [5.41, 5.74) is 0. The summed E-state index contributed by atoms with van der Waals surface area (Å²) in [4.78, 5) is 22.0. The van der Waals surface area contributed by atoms with Crippen molar-refractivity contribution >= 4 is 11.9 Å². The predicted octanol–water partition coefficient (Wildman–Crippen LogP) is 4.38. The van der Waals surface area contributed by atoms with E-state index < -0.39 is 0 Å². The fraction of sp³-hybridized carbons (Fsp3) is 0.750. The summed E-state index contributed by atoms with van der Waals surface area (Å²) in [7, 11) is 0. The summed E-state index contributed by atoms with van der Waals surface area (Å²) in [6.07, 6.45) is 14.1. The lowest BCUT2D eigenvalue weighted by atomic mass is 9.72. The number of carbonyl (C=O) groups excluding carboxylic acids is 2. The van der Waals surface area contributed by atoms with E-state index in [1.165, 1.54) is 37.8 Å². The minimum atomic E-state index is -0.371. The summed E-state index contributed by atoms with van der Waals surface area (Å²) in [6.45, 7) is 8.84. The zero-order valence-electron chi connectivity index (χ0n) is 18.2. The van der Waals surface area contributed by atoms with Crippen molar-refractivity contribution < 1.29 is 28.5 Å². The van der Waals surface area contributed by atoms with Gasteiger partial charge in [0.05, 0.1) is 38.6 Å². The van der Waals surface area contributed by atoms with Crippen LogP contribution in [0.2, 0.25) is 0 Å². The van der Waals surface area contributed by atoms with Crippen molar-refractivity contribution in [1.82, 2.24) is 0 Å². The second kappa shape index (κ2) is 14.4. The molecule has 0 spiro atoms. The third-order valence-corrected chi connectivity index (χ3v) is 6.21. The van der Waals surface area contributed by atoms with Gasteiger partial charge in [0.1, 0.15) is 0 Å². The summed E-state index contributed by atoms with van der Waals surface area (Å²) >= 11 is 0. The fourth-order valence-electron chi connectivity index (χ4n) is 4.53. The molecule has 0 bridgehead atoms. The summed E-state index contributed by atoms with van der Waals surface area (Å²) < 4.78 is 21.9. The number of esters is 2. The van der Waals surface area contributed by atoms with Crippen molar-refractivity contribution in [2.75, 3.05) is 26.4 Å². The maximum Gasteiger partial charge on any atom is 0.330 e. The van der Waals surface area contributed by atoms with Crippen molar-refractivity contribution in [2.45, 2.75) is 76.4 Å². The molecule has 0 saturated heterocycles. The van der Waals surface area contributed by atoms with Crippen LogP contribution in [0.4, 0.5) is 0 Å². The Hall–Kier alpha value is -1.66. The molecule has 2 saturated carbocycles.